The fourth-order valence-corrected chi connectivity index (χ4v) is 5.85. The summed E-state index contributed by atoms with van der Waals surface area (Å²) in [5.41, 5.74) is 3.43. The number of hydrogen-bond donors (Lipinski definition) is 1. The van der Waals surface area contributed by atoms with E-state index in [4.69, 9.17) is 9.47 Å². The molecule has 0 aliphatic carbocycles. The minimum absolute atomic E-state index is 0.231. The van der Waals surface area contributed by atoms with Gasteiger partial charge in [-0.2, -0.15) is 0 Å². The number of thioether (sulfide) groups is 1. The molecule has 0 radical (unpaired) electrons. The average molecular weight is 646 g/mol. The van der Waals surface area contributed by atoms with Crippen LogP contribution in [-0.2, 0) is 16.2 Å². The van der Waals surface area contributed by atoms with Gasteiger partial charge in [-0.05, 0) is 104 Å². The van der Waals surface area contributed by atoms with Crippen molar-refractivity contribution in [2.75, 3.05) is 19.0 Å². The number of anilines is 1. The number of rotatable bonds is 8. The van der Waals surface area contributed by atoms with Gasteiger partial charge in [0.1, 0.15) is 24.7 Å². The maximum atomic E-state index is 12.9. The number of halogens is 2. The van der Waals surface area contributed by atoms with E-state index in [0.29, 0.717) is 38.3 Å². The van der Waals surface area contributed by atoms with Crippen molar-refractivity contribution in [2.45, 2.75) is 13.5 Å². The normalized spacial score (nSPS) is 14.3. The summed E-state index contributed by atoms with van der Waals surface area (Å²) in [7, 11) is 1.55. The number of imide groups is 1. The third kappa shape index (κ3) is 6.82. The molecule has 3 amide bonds. The number of hydrogen-bond acceptors (Lipinski definition) is 6. The Kier molecular flexibility index (Phi) is 8.73. The maximum absolute atomic E-state index is 12.9. The van der Waals surface area contributed by atoms with Gasteiger partial charge in [-0.25, -0.2) is 0 Å². The van der Waals surface area contributed by atoms with Crippen LogP contribution in [0.2, 0.25) is 0 Å². The smallest absolute Gasteiger partial charge is 0.294 e. The molecule has 1 N–H and O–H groups in total. The van der Waals surface area contributed by atoms with Gasteiger partial charge < -0.3 is 14.8 Å². The van der Waals surface area contributed by atoms with Crippen molar-refractivity contribution >= 4 is 72.4 Å². The number of nitrogens with zero attached hydrogens (tertiary/aromatic N) is 1. The Labute approximate surface area is 235 Å². The van der Waals surface area contributed by atoms with E-state index >= 15 is 0 Å². The van der Waals surface area contributed by atoms with Crippen LogP contribution in [0.15, 0.2) is 74.5 Å². The molecule has 1 aliphatic rings. The molecule has 0 saturated carbocycles. The zero-order valence-corrected chi connectivity index (χ0v) is 23.9. The topological polar surface area (TPSA) is 84.9 Å². The van der Waals surface area contributed by atoms with Crippen LogP contribution in [0.4, 0.5) is 10.5 Å². The second-order valence-corrected chi connectivity index (χ2v) is 10.8. The number of methoxy groups -OCH3 is 1. The SMILES string of the molecule is COc1ccc(NC(=O)CN2C(=O)S/C(=C/c3cc(Br)c(OCc4cccc(C)c4)c(Br)c3)C2=O)cc1. The number of ether oxygens (including phenoxy) is 2. The Balaban J connectivity index is 1.42. The minimum atomic E-state index is -0.521. The largest absolute Gasteiger partial charge is 0.497 e. The number of carbonyl (C=O) groups excluding carboxylic acids is 3. The molecule has 1 fully saturated rings. The van der Waals surface area contributed by atoms with Crippen molar-refractivity contribution in [1.29, 1.82) is 0 Å². The fraction of sp³-hybridized carbons (Fsp3) is 0.148. The maximum Gasteiger partial charge on any atom is 0.294 e. The van der Waals surface area contributed by atoms with Crippen LogP contribution < -0.4 is 14.8 Å². The summed E-state index contributed by atoms with van der Waals surface area (Å²) in [6.45, 7) is 2.04. The summed E-state index contributed by atoms with van der Waals surface area (Å²) in [5.74, 6) is 0.279. The van der Waals surface area contributed by atoms with Crippen molar-refractivity contribution in [1.82, 2.24) is 4.90 Å². The molecule has 1 aliphatic heterocycles. The van der Waals surface area contributed by atoms with Crippen LogP contribution in [0, 0.1) is 6.92 Å². The van der Waals surface area contributed by atoms with Gasteiger partial charge in [0.2, 0.25) is 5.91 Å². The lowest BCUT2D eigenvalue weighted by Crippen LogP contribution is -2.36. The third-order valence-corrected chi connectivity index (χ3v) is 7.42. The van der Waals surface area contributed by atoms with Crippen molar-refractivity contribution in [3.8, 4) is 11.5 Å². The lowest BCUT2D eigenvalue weighted by Gasteiger charge is -2.13. The second kappa shape index (κ2) is 12.0. The minimum Gasteiger partial charge on any atom is -0.497 e. The van der Waals surface area contributed by atoms with E-state index in [1.54, 1.807) is 49.6 Å². The van der Waals surface area contributed by atoms with E-state index in [2.05, 4.69) is 43.2 Å². The summed E-state index contributed by atoms with van der Waals surface area (Å²) in [5, 5.41) is 2.18. The Morgan fingerprint density at radius 2 is 1.76 bits per heavy atom. The monoisotopic (exact) mass is 644 g/mol. The van der Waals surface area contributed by atoms with E-state index in [0.717, 1.165) is 27.8 Å². The van der Waals surface area contributed by atoms with Crippen LogP contribution >= 0.6 is 43.6 Å². The highest BCUT2D eigenvalue weighted by molar-refractivity contribution is 9.11. The van der Waals surface area contributed by atoms with E-state index < -0.39 is 17.1 Å². The number of amides is 3. The highest BCUT2D eigenvalue weighted by atomic mass is 79.9. The van der Waals surface area contributed by atoms with Crippen molar-refractivity contribution in [2.24, 2.45) is 0 Å². The van der Waals surface area contributed by atoms with Gasteiger partial charge in [0.25, 0.3) is 11.1 Å². The predicted octanol–water partition coefficient (Wildman–Crippen LogP) is 6.78. The Bertz CT molecular complexity index is 1370. The van der Waals surface area contributed by atoms with Gasteiger partial charge in [0.15, 0.2) is 0 Å². The third-order valence-electron chi connectivity index (χ3n) is 5.33. The highest BCUT2D eigenvalue weighted by Crippen LogP contribution is 2.38. The molecule has 0 aromatic heterocycles. The molecule has 7 nitrogen and oxygen atoms in total. The van der Waals surface area contributed by atoms with E-state index in [1.807, 2.05) is 25.1 Å². The standard InChI is InChI=1S/C27H22Br2N2O5S/c1-16-4-3-5-17(10-16)15-36-25-21(28)11-18(12-22(25)29)13-23-26(33)31(27(34)37-23)14-24(32)30-19-6-8-20(35-2)9-7-19/h3-13H,14-15H2,1-2H3,(H,30,32)/b23-13+. The molecular formula is C27H22Br2N2O5S. The Morgan fingerprint density at radius 3 is 2.41 bits per heavy atom. The first-order valence-corrected chi connectivity index (χ1v) is 13.5. The first-order valence-electron chi connectivity index (χ1n) is 11.1. The van der Waals surface area contributed by atoms with Crippen molar-refractivity contribution < 1.29 is 23.9 Å². The summed E-state index contributed by atoms with van der Waals surface area (Å²) >= 11 is 7.86. The molecule has 37 heavy (non-hydrogen) atoms. The quantitative estimate of drug-likeness (QED) is 0.272. The molecular weight excluding hydrogens is 624 g/mol. The van der Waals surface area contributed by atoms with Crippen LogP contribution in [-0.4, -0.2) is 35.6 Å². The number of carbonyl (C=O) groups is 3. The molecule has 0 unspecified atom stereocenters. The molecule has 4 rings (SSSR count). The highest BCUT2D eigenvalue weighted by Gasteiger charge is 2.36. The van der Waals surface area contributed by atoms with Crippen LogP contribution in [0.25, 0.3) is 6.08 Å². The first-order chi connectivity index (χ1) is 17.7. The molecule has 190 valence electrons. The van der Waals surface area contributed by atoms with Crippen LogP contribution in [0.1, 0.15) is 16.7 Å². The Hall–Kier alpha value is -3.08. The molecule has 3 aromatic rings. The first kappa shape index (κ1) is 27.0. The zero-order valence-electron chi connectivity index (χ0n) is 19.9. The van der Waals surface area contributed by atoms with Gasteiger partial charge in [0, 0.05) is 5.69 Å². The van der Waals surface area contributed by atoms with Gasteiger partial charge in [0.05, 0.1) is 21.0 Å². The van der Waals surface area contributed by atoms with E-state index in [1.165, 1.54) is 0 Å². The van der Waals surface area contributed by atoms with Crippen molar-refractivity contribution in [3.63, 3.8) is 0 Å². The summed E-state index contributed by atoms with van der Waals surface area (Å²) < 4.78 is 12.5. The van der Waals surface area contributed by atoms with Crippen molar-refractivity contribution in [3.05, 3.63) is 91.2 Å². The van der Waals surface area contributed by atoms with Gasteiger partial charge in [-0.15, -0.1) is 0 Å². The van der Waals surface area contributed by atoms with E-state index in [9.17, 15) is 14.4 Å². The lowest BCUT2D eigenvalue weighted by atomic mass is 10.1. The van der Waals surface area contributed by atoms with Crippen LogP contribution in [0.3, 0.4) is 0 Å². The molecule has 0 bridgehead atoms. The zero-order chi connectivity index (χ0) is 26.5. The molecule has 0 atom stereocenters. The fourth-order valence-electron chi connectivity index (χ4n) is 3.56. The summed E-state index contributed by atoms with van der Waals surface area (Å²) in [6, 6.07) is 18.4. The number of benzene rings is 3. The molecule has 1 heterocycles. The Morgan fingerprint density at radius 1 is 1.05 bits per heavy atom. The molecule has 10 heteroatoms. The lowest BCUT2D eigenvalue weighted by molar-refractivity contribution is -0.127. The summed E-state index contributed by atoms with van der Waals surface area (Å²) in [4.78, 5) is 39.0. The predicted molar refractivity (Wildman–Crippen MR) is 152 cm³/mol. The van der Waals surface area contributed by atoms with E-state index in [-0.39, 0.29) is 11.4 Å². The molecule has 3 aromatic carbocycles. The molecule has 0 spiro atoms. The molecule has 1 saturated heterocycles. The van der Waals surface area contributed by atoms with Gasteiger partial charge in [-0.3, -0.25) is 19.3 Å². The van der Waals surface area contributed by atoms with Gasteiger partial charge >= 0.3 is 0 Å². The number of nitrogens with one attached hydrogen (secondary N) is 1. The second-order valence-electron chi connectivity index (χ2n) is 8.14. The van der Waals surface area contributed by atoms with Gasteiger partial charge in [-0.1, -0.05) is 29.8 Å². The average Bonchev–Trinajstić information content (AvgIpc) is 3.11. The number of aryl methyl sites for hydroxylation is 1. The van der Waals surface area contributed by atoms with Crippen LogP contribution in [0.5, 0.6) is 11.5 Å². The summed E-state index contributed by atoms with van der Waals surface area (Å²) in [6.07, 6.45) is 1.62.